The van der Waals surface area contributed by atoms with Gasteiger partial charge in [-0.2, -0.15) is 0 Å². The number of hydrogen-bond donors (Lipinski definition) is 1. The summed E-state index contributed by atoms with van der Waals surface area (Å²) in [5.74, 6) is -0.447. The van der Waals surface area contributed by atoms with Crippen molar-refractivity contribution in [2.45, 2.75) is 26.3 Å². The number of carbonyl (C=O) groups excluding carboxylic acids is 2. The number of hydrogen-bond acceptors (Lipinski definition) is 3. The summed E-state index contributed by atoms with van der Waals surface area (Å²) in [6.07, 6.45) is 0.122. The van der Waals surface area contributed by atoms with Crippen LogP contribution in [0.2, 0.25) is 5.02 Å². The molecule has 2 aromatic rings. The van der Waals surface area contributed by atoms with Gasteiger partial charge in [0, 0.05) is 0 Å². The van der Waals surface area contributed by atoms with Crippen molar-refractivity contribution < 1.29 is 9.59 Å². The van der Waals surface area contributed by atoms with E-state index in [1.807, 2.05) is 38.1 Å². The summed E-state index contributed by atoms with van der Waals surface area (Å²) in [6.45, 7) is 3.88. The summed E-state index contributed by atoms with van der Waals surface area (Å²) < 4.78 is 0. The van der Waals surface area contributed by atoms with Crippen LogP contribution in [-0.4, -0.2) is 17.9 Å². The fraction of sp³-hybridized carbons (Fsp3) is 0.222. The van der Waals surface area contributed by atoms with Gasteiger partial charge in [0.15, 0.2) is 0 Å². The Bertz CT molecular complexity index is 788. The molecule has 0 aromatic heterocycles. The lowest BCUT2D eigenvalue weighted by Crippen LogP contribution is -2.35. The molecule has 0 bridgehead atoms. The van der Waals surface area contributed by atoms with E-state index in [0.717, 1.165) is 11.1 Å². The summed E-state index contributed by atoms with van der Waals surface area (Å²) in [5.41, 5.74) is 3.30. The molecule has 118 valence electrons. The molecule has 1 saturated heterocycles. The van der Waals surface area contributed by atoms with Crippen LogP contribution in [0.15, 0.2) is 42.5 Å². The number of benzene rings is 2. The van der Waals surface area contributed by atoms with E-state index in [1.165, 1.54) is 4.90 Å². The second-order valence-electron chi connectivity index (χ2n) is 5.67. The highest BCUT2D eigenvalue weighted by molar-refractivity contribution is 6.33. The van der Waals surface area contributed by atoms with E-state index in [-0.39, 0.29) is 18.2 Å². The molecule has 0 saturated carbocycles. The summed E-state index contributed by atoms with van der Waals surface area (Å²) in [6, 6.07) is 12.2. The smallest absolute Gasteiger partial charge is 0.256 e. The van der Waals surface area contributed by atoms with Gasteiger partial charge in [0.05, 0.1) is 22.8 Å². The molecule has 1 aliphatic rings. The van der Waals surface area contributed by atoms with E-state index in [4.69, 9.17) is 11.6 Å². The maximum Gasteiger partial charge on any atom is 0.256 e. The van der Waals surface area contributed by atoms with Crippen LogP contribution < -0.4 is 10.2 Å². The molecular weight excluding hydrogens is 312 g/mol. The third kappa shape index (κ3) is 2.82. The number of halogens is 1. The van der Waals surface area contributed by atoms with Crippen molar-refractivity contribution in [1.29, 1.82) is 0 Å². The van der Waals surface area contributed by atoms with Crippen LogP contribution in [0.4, 0.5) is 11.4 Å². The van der Waals surface area contributed by atoms with Gasteiger partial charge in [-0.1, -0.05) is 35.9 Å². The van der Waals surface area contributed by atoms with Gasteiger partial charge < -0.3 is 5.32 Å². The van der Waals surface area contributed by atoms with Crippen LogP contribution in [-0.2, 0) is 9.59 Å². The van der Waals surface area contributed by atoms with Crippen LogP contribution in [0.5, 0.6) is 0 Å². The van der Waals surface area contributed by atoms with Gasteiger partial charge in [0.2, 0.25) is 5.91 Å². The second kappa shape index (κ2) is 6.05. The number of imide groups is 1. The van der Waals surface area contributed by atoms with Gasteiger partial charge >= 0.3 is 0 Å². The van der Waals surface area contributed by atoms with Crippen LogP contribution in [0.25, 0.3) is 0 Å². The minimum Gasteiger partial charge on any atom is -0.372 e. The largest absolute Gasteiger partial charge is 0.372 e. The molecule has 23 heavy (non-hydrogen) atoms. The SMILES string of the molecule is Cc1cccc(N2C(=O)C[C@@H](Nc3ccccc3Cl)C2=O)c1C. The van der Waals surface area contributed by atoms with E-state index >= 15 is 0 Å². The number of carbonyl (C=O) groups is 2. The number of nitrogens with one attached hydrogen (secondary N) is 1. The number of rotatable bonds is 3. The van der Waals surface area contributed by atoms with E-state index in [0.29, 0.717) is 16.4 Å². The molecule has 2 aromatic carbocycles. The van der Waals surface area contributed by atoms with E-state index in [1.54, 1.807) is 18.2 Å². The summed E-state index contributed by atoms with van der Waals surface area (Å²) in [4.78, 5) is 26.3. The number of amides is 2. The van der Waals surface area contributed by atoms with Crippen molar-refractivity contribution in [1.82, 2.24) is 0 Å². The highest BCUT2D eigenvalue weighted by atomic mass is 35.5. The highest BCUT2D eigenvalue weighted by Gasteiger charge is 2.40. The number of aryl methyl sites for hydroxylation is 1. The first-order valence-corrected chi connectivity index (χ1v) is 7.81. The third-order valence-corrected chi connectivity index (χ3v) is 4.50. The Labute approximate surface area is 140 Å². The molecule has 2 amide bonds. The van der Waals surface area contributed by atoms with Crippen LogP contribution in [0.1, 0.15) is 17.5 Å². The van der Waals surface area contributed by atoms with Gasteiger partial charge in [0.1, 0.15) is 6.04 Å². The Morgan fingerprint density at radius 1 is 1.09 bits per heavy atom. The highest BCUT2D eigenvalue weighted by Crippen LogP contribution is 2.30. The zero-order valence-electron chi connectivity index (χ0n) is 13.0. The summed E-state index contributed by atoms with van der Waals surface area (Å²) in [5, 5.41) is 3.61. The standard InChI is InChI=1S/C18H17ClN2O2/c1-11-6-5-9-16(12(11)2)21-17(22)10-15(18(21)23)20-14-8-4-3-7-13(14)19/h3-9,15,20H,10H2,1-2H3/t15-/m1/s1. The molecule has 1 fully saturated rings. The Morgan fingerprint density at radius 3 is 2.57 bits per heavy atom. The molecule has 5 heteroatoms. The molecule has 0 unspecified atom stereocenters. The first kappa shape index (κ1) is 15.6. The molecule has 1 atom stereocenters. The molecule has 1 aliphatic heterocycles. The number of para-hydroxylation sites is 1. The topological polar surface area (TPSA) is 49.4 Å². The van der Waals surface area contributed by atoms with Crippen LogP contribution in [0.3, 0.4) is 0 Å². The molecule has 3 rings (SSSR count). The molecule has 0 aliphatic carbocycles. The van der Waals surface area contributed by atoms with Gasteiger partial charge in [-0.05, 0) is 43.2 Å². The van der Waals surface area contributed by atoms with Crippen LogP contribution >= 0.6 is 11.6 Å². The van der Waals surface area contributed by atoms with Crippen molar-refractivity contribution in [3.05, 3.63) is 58.6 Å². The van der Waals surface area contributed by atoms with Gasteiger partial charge in [-0.15, -0.1) is 0 Å². The van der Waals surface area contributed by atoms with Crippen molar-refractivity contribution in [3.8, 4) is 0 Å². The minimum atomic E-state index is -0.595. The minimum absolute atomic E-state index is 0.122. The molecule has 4 nitrogen and oxygen atoms in total. The van der Waals surface area contributed by atoms with Crippen molar-refractivity contribution in [3.63, 3.8) is 0 Å². The maximum absolute atomic E-state index is 12.7. The van der Waals surface area contributed by atoms with Crippen molar-refractivity contribution >= 4 is 34.8 Å². The van der Waals surface area contributed by atoms with Gasteiger partial charge in [-0.3, -0.25) is 9.59 Å². The molecule has 1 heterocycles. The number of nitrogens with zero attached hydrogens (tertiary/aromatic N) is 1. The molecule has 0 spiro atoms. The van der Waals surface area contributed by atoms with Crippen LogP contribution in [0, 0.1) is 13.8 Å². The average molecular weight is 329 g/mol. The Hall–Kier alpha value is -2.33. The fourth-order valence-electron chi connectivity index (χ4n) is 2.74. The van der Waals surface area contributed by atoms with Crippen molar-refractivity contribution in [2.75, 3.05) is 10.2 Å². The van der Waals surface area contributed by atoms with E-state index in [2.05, 4.69) is 5.32 Å². The second-order valence-corrected chi connectivity index (χ2v) is 6.07. The summed E-state index contributed by atoms with van der Waals surface area (Å²) in [7, 11) is 0. The molecular formula is C18H17ClN2O2. The molecule has 1 N–H and O–H groups in total. The Balaban J connectivity index is 1.89. The van der Waals surface area contributed by atoms with E-state index < -0.39 is 6.04 Å². The third-order valence-electron chi connectivity index (χ3n) is 4.17. The predicted octanol–water partition coefficient (Wildman–Crippen LogP) is 3.70. The predicted molar refractivity (Wildman–Crippen MR) is 91.9 cm³/mol. The Kier molecular flexibility index (Phi) is 4.09. The quantitative estimate of drug-likeness (QED) is 0.874. The van der Waals surface area contributed by atoms with E-state index in [9.17, 15) is 9.59 Å². The summed E-state index contributed by atoms with van der Waals surface area (Å²) >= 11 is 6.11. The first-order valence-electron chi connectivity index (χ1n) is 7.43. The normalized spacial score (nSPS) is 17.7. The lowest BCUT2D eigenvalue weighted by Gasteiger charge is -2.19. The monoisotopic (exact) mass is 328 g/mol. The number of anilines is 2. The maximum atomic E-state index is 12.7. The zero-order chi connectivity index (χ0) is 16.6. The first-order chi connectivity index (χ1) is 11.0. The Morgan fingerprint density at radius 2 is 1.83 bits per heavy atom. The van der Waals surface area contributed by atoms with Gasteiger partial charge in [-0.25, -0.2) is 4.90 Å². The average Bonchev–Trinajstić information content (AvgIpc) is 2.79. The lowest BCUT2D eigenvalue weighted by atomic mass is 10.1. The zero-order valence-corrected chi connectivity index (χ0v) is 13.7. The van der Waals surface area contributed by atoms with Crippen molar-refractivity contribution in [2.24, 2.45) is 0 Å². The fourth-order valence-corrected chi connectivity index (χ4v) is 2.93. The van der Waals surface area contributed by atoms with Gasteiger partial charge in [0.25, 0.3) is 5.91 Å². The molecule has 0 radical (unpaired) electrons. The lowest BCUT2D eigenvalue weighted by molar-refractivity contribution is -0.121.